The normalized spacial score (nSPS) is 10.7. The summed E-state index contributed by atoms with van der Waals surface area (Å²) in [6, 6.07) is 3.44. The Morgan fingerprint density at radius 3 is 2.93 bits per heavy atom. The molecule has 0 spiro atoms. The third-order valence-electron chi connectivity index (χ3n) is 2.10. The van der Waals surface area contributed by atoms with Crippen molar-refractivity contribution in [3.63, 3.8) is 0 Å². The summed E-state index contributed by atoms with van der Waals surface area (Å²) in [5.74, 6) is 0. The first-order valence-electron chi connectivity index (χ1n) is 3.92. The highest BCUT2D eigenvalue weighted by molar-refractivity contribution is 14.1. The fraction of sp³-hybridized carbons (Fsp3) is 0.111. The number of halogens is 1. The fourth-order valence-electron chi connectivity index (χ4n) is 1.37. The van der Waals surface area contributed by atoms with E-state index in [4.69, 9.17) is 0 Å². The lowest BCUT2D eigenvalue weighted by Gasteiger charge is -2.00. The number of non-ortho nitro benzene ring substituents is 1. The van der Waals surface area contributed by atoms with E-state index in [0.29, 0.717) is 0 Å². The van der Waals surface area contributed by atoms with E-state index in [9.17, 15) is 10.1 Å². The van der Waals surface area contributed by atoms with Gasteiger partial charge in [-0.3, -0.25) is 10.1 Å². The lowest BCUT2D eigenvalue weighted by Crippen LogP contribution is -1.91. The lowest BCUT2D eigenvalue weighted by molar-refractivity contribution is -0.383. The van der Waals surface area contributed by atoms with Gasteiger partial charge in [-0.25, -0.2) is 0 Å². The summed E-state index contributed by atoms with van der Waals surface area (Å²) < 4.78 is 1.97. The summed E-state index contributed by atoms with van der Waals surface area (Å²) in [4.78, 5) is 10.5. The van der Waals surface area contributed by atoms with Crippen LogP contribution in [0, 0.1) is 20.6 Å². The SMILES string of the molecule is Cc1c(I)cc([N+](=O)[O-])c2ccsc12. The Balaban J connectivity index is 2.91. The maximum atomic E-state index is 10.8. The highest BCUT2D eigenvalue weighted by Crippen LogP contribution is 2.34. The van der Waals surface area contributed by atoms with E-state index in [1.165, 1.54) is 0 Å². The van der Waals surface area contributed by atoms with Crippen LogP contribution in [-0.4, -0.2) is 4.92 Å². The quantitative estimate of drug-likeness (QED) is 0.457. The number of aryl methyl sites for hydroxylation is 1. The number of hydrogen-bond acceptors (Lipinski definition) is 3. The molecule has 0 saturated carbocycles. The summed E-state index contributed by atoms with van der Waals surface area (Å²) in [5.41, 5.74) is 1.33. The van der Waals surface area contributed by atoms with Gasteiger partial charge in [-0.1, -0.05) is 0 Å². The largest absolute Gasteiger partial charge is 0.279 e. The Labute approximate surface area is 98.0 Å². The van der Waals surface area contributed by atoms with Gasteiger partial charge >= 0.3 is 0 Å². The Hall–Kier alpha value is -0.690. The molecule has 1 aromatic heterocycles. The number of benzene rings is 1. The molecular weight excluding hydrogens is 313 g/mol. The molecule has 0 atom stereocenters. The Bertz CT molecular complexity index is 521. The molecule has 0 amide bonds. The van der Waals surface area contributed by atoms with Crippen LogP contribution in [-0.2, 0) is 0 Å². The average Bonchev–Trinajstić information content (AvgIpc) is 2.59. The van der Waals surface area contributed by atoms with Crippen molar-refractivity contribution >= 4 is 49.7 Å². The van der Waals surface area contributed by atoms with Gasteiger partial charge < -0.3 is 0 Å². The third-order valence-corrected chi connectivity index (χ3v) is 4.25. The first kappa shape index (κ1) is 9.85. The molecule has 5 heteroatoms. The molecule has 0 aliphatic rings. The number of nitro benzene ring substituents is 1. The van der Waals surface area contributed by atoms with Crippen LogP contribution in [0.3, 0.4) is 0 Å². The van der Waals surface area contributed by atoms with Gasteiger partial charge in [-0.05, 0) is 46.5 Å². The van der Waals surface area contributed by atoms with Crippen LogP contribution >= 0.6 is 33.9 Å². The second-order valence-corrected chi connectivity index (χ2v) is 5.00. The number of nitro groups is 1. The molecular formula is C9H6INO2S. The topological polar surface area (TPSA) is 43.1 Å². The highest BCUT2D eigenvalue weighted by Gasteiger charge is 2.16. The monoisotopic (exact) mass is 319 g/mol. The van der Waals surface area contributed by atoms with Crippen LogP contribution in [0.5, 0.6) is 0 Å². The predicted molar refractivity (Wildman–Crippen MR) is 65.9 cm³/mol. The molecule has 1 aromatic carbocycles. The van der Waals surface area contributed by atoms with Crippen molar-refractivity contribution in [3.05, 3.63) is 36.8 Å². The number of nitrogens with zero attached hydrogens (tertiary/aromatic N) is 1. The van der Waals surface area contributed by atoms with E-state index < -0.39 is 0 Å². The second-order valence-electron chi connectivity index (χ2n) is 2.92. The second kappa shape index (κ2) is 3.47. The summed E-state index contributed by atoms with van der Waals surface area (Å²) in [5, 5.41) is 13.4. The van der Waals surface area contributed by atoms with E-state index >= 15 is 0 Å². The average molecular weight is 319 g/mol. The molecule has 72 valence electrons. The van der Waals surface area contributed by atoms with Gasteiger partial charge in [0.1, 0.15) is 0 Å². The molecule has 0 N–H and O–H groups in total. The zero-order chi connectivity index (χ0) is 10.3. The van der Waals surface area contributed by atoms with Gasteiger partial charge in [0.25, 0.3) is 5.69 Å². The molecule has 0 radical (unpaired) electrons. The van der Waals surface area contributed by atoms with E-state index in [-0.39, 0.29) is 10.6 Å². The molecule has 0 bridgehead atoms. The third kappa shape index (κ3) is 1.40. The zero-order valence-electron chi connectivity index (χ0n) is 7.28. The van der Waals surface area contributed by atoms with Crippen LogP contribution < -0.4 is 0 Å². The van der Waals surface area contributed by atoms with Crippen molar-refractivity contribution in [2.24, 2.45) is 0 Å². The molecule has 3 nitrogen and oxygen atoms in total. The van der Waals surface area contributed by atoms with E-state index in [0.717, 1.165) is 19.2 Å². The first-order valence-corrected chi connectivity index (χ1v) is 5.88. The van der Waals surface area contributed by atoms with Crippen LogP contribution in [0.1, 0.15) is 5.56 Å². The van der Waals surface area contributed by atoms with E-state index in [1.54, 1.807) is 23.5 Å². The van der Waals surface area contributed by atoms with Crippen molar-refractivity contribution in [1.29, 1.82) is 0 Å². The summed E-state index contributed by atoms with van der Waals surface area (Å²) in [6.07, 6.45) is 0. The number of fused-ring (bicyclic) bond motifs is 1. The number of thiophene rings is 1. The van der Waals surface area contributed by atoms with Gasteiger partial charge in [0.15, 0.2) is 0 Å². The number of hydrogen-bond donors (Lipinski definition) is 0. The van der Waals surface area contributed by atoms with Crippen LogP contribution in [0.25, 0.3) is 10.1 Å². The minimum absolute atomic E-state index is 0.205. The summed E-state index contributed by atoms with van der Waals surface area (Å²) in [7, 11) is 0. The van der Waals surface area contributed by atoms with Gasteiger partial charge in [0.05, 0.1) is 10.3 Å². The first-order chi connectivity index (χ1) is 6.61. The van der Waals surface area contributed by atoms with Crippen LogP contribution in [0.15, 0.2) is 17.5 Å². The summed E-state index contributed by atoms with van der Waals surface area (Å²) >= 11 is 3.68. The lowest BCUT2D eigenvalue weighted by atomic mass is 10.1. The molecule has 14 heavy (non-hydrogen) atoms. The molecule has 0 saturated heterocycles. The zero-order valence-corrected chi connectivity index (χ0v) is 10.3. The Morgan fingerprint density at radius 1 is 1.57 bits per heavy atom. The minimum atomic E-state index is -0.323. The van der Waals surface area contributed by atoms with E-state index in [1.807, 2.05) is 12.3 Å². The Kier molecular flexibility index (Phi) is 2.44. The maximum Gasteiger partial charge on any atom is 0.279 e. The molecule has 0 fully saturated rings. The molecule has 0 aliphatic carbocycles. The maximum absolute atomic E-state index is 10.8. The highest BCUT2D eigenvalue weighted by atomic mass is 127. The molecule has 0 aliphatic heterocycles. The smallest absolute Gasteiger partial charge is 0.258 e. The molecule has 1 heterocycles. The van der Waals surface area contributed by atoms with Crippen molar-refractivity contribution in [3.8, 4) is 0 Å². The van der Waals surface area contributed by atoms with Crippen molar-refractivity contribution < 1.29 is 4.92 Å². The van der Waals surface area contributed by atoms with Gasteiger partial charge in [0.2, 0.25) is 0 Å². The number of rotatable bonds is 1. The predicted octanol–water partition coefficient (Wildman–Crippen LogP) is 3.72. The minimum Gasteiger partial charge on any atom is -0.258 e. The van der Waals surface area contributed by atoms with Crippen molar-refractivity contribution in [2.75, 3.05) is 0 Å². The summed E-state index contributed by atoms with van der Waals surface area (Å²) in [6.45, 7) is 1.99. The molecule has 2 aromatic rings. The molecule has 0 unspecified atom stereocenters. The Morgan fingerprint density at radius 2 is 2.29 bits per heavy atom. The fourth-order valence-corrected chi connectivity index (χ4v) is 3.04. The van der Waals surface area contributed by atoms with Crippen LogP contribution in [0.4, 0.5) is 5.69 Å². The van der Waals surface area contributed by atoms with E-state index in [2.05, 4.69) is 22.6 Å². The van der Waals surface area contributed by atoms with Crippen LogP contribution in [0.2, 0.25) is 0 Å². The van der Waals surface area contributed by atoms with Gasteiger partial charge in [-0.15, -0.1) is 11.3 Å². The van der Waals surface area contributed by atoms with Crippen molar-refractivity contribution in [1.82, 2.24) is 0 Å². The molecule has 2 rings (SSSR count). The standard InChI is InChI=1S/C9H6INO2S/c1-5-7(10)4-8(11(12)13)6-2-3-14-9(5)6/h2-4H,1H3. The van der Waals surface area contributed by atoms with Crippen molar-refractivity contribution in [2.45, 2.75) is 6.92 Å². The van der Waals surface area contributed by atoms with Gasteiger partial charge in [-0.2, -0.15) is 0 Å². The van der Waals surface area contributed by atoms with Gasteiger partial charge in [0, 0.05) is 14.3 Å².